The minimum absolute atomic E-state index is 0.754. The van der Waals surface area contributed by atoms with Crippen molar-refractivity contribution in [3.8, 4) is 0 Å². The molecule has 17 heavy (non-hydrogen) atoms. The van der Waals surface area contributed by atoms with Crippen molar-refractivity contribution in [2.75, 3.05) is 25.0 Å². The van der Waals surface area contributed by atoms with Gasteiger partial charge in [-0.2, -0.15) is 0 Å². The van der Waals surface area contributed by atoms with Crippen LogP contribution in [-0.4, -0.2) is 29.9 Å². The molecule has 0 N–H and O–H groups in total. The van der Waals surface area contributed by atoms with Gasteiger partial charge in [-0.05, 0) is 30.4 Å². The first-order chi connectivity index (χ1) is 8.33. The van der Waals surface area contributed by atoms with Crippen LogP contribution in [0.25, 0.3) is 0 Å². The highest BCUT2D eigenvalue weighted by Crippen LogP contribution is 2.27. The smallest absolute Gasteiger partial charge is 0.00717 e. The lowest BCUT2D eigenvalue weighted by Gasteiger charge is -2.21. The normalized spacial score (nSPS) is 22.8. The molecule has 0 aliphatic carbocycles. The average molecular weight is 296 g/mol. The summed E-state index contributed by atoms with van der Waals surface area (Å²) in [6, 6.07) is 11.0. The van der Waals surface area contributed by atoms with Crippen LogP contribution in [0, 0.1) is 5.92 Å². The number of nitrogens with zero attached hydrogens (tertiary/aromatic N) is 1. The largest absolute Gasteiger partial charge is 0.302 e. The lowest BCUT2D eigenvalue weighted by molar-refractivity contribution is 0.284. The summed E-state index contributed by atoms with van der Waals surface area (Å²) in [5.41, 5.74) is 1.52. The van der Waals surface area contributed by atoms with E-state index in [1.165, 1.54) is 38.0 Å². The molecule has 2 atom stereocenters. The Labute approximate surface area is 113 Å². The molecule has 0 amide bonds. The lowest BCUT2D eigenvalue weighted by atomic mass is 9.99. The van der Waals surface area contributed by atoms with E-state index in [-0.39, 0.29) is 0 Å². The Morgan fingerprint density at radius 2 is 2.12 bits per heavy atom. The van der Waals surface area contributed by atoms with Crippen molar-refractivity contribution in [2.24, 2.45) is 5.92 Å². The number of likely N-dealkylation sites (tertiary alicyclic amines) is 1. The molecule has 0 bridgehead atoms. The van der Waals surface area contributed by atoms with Gasteiger partial charge in [0, 0.05) is 18.4 Å². The second-order valence-electron chi connectivity index (χ2n) is 5.08. The van der Waals surface area contributed by atoms with E-state index in [2.05, 4.69) is 58.1 Å². The van der Waals surface area contributed by atoms with E-state index in [0.29, 0.717) is 0 Å². The fraction of sp³-hybridized carbons (Fsp3) is 0.600. The van der Waals surface area contributed by atoms with Gasteiger partial charge in [-0.25, -0.2) is 0 Å². The number of hydrogen-bond donors (Lipinski definition) is 0. The van der Waals surface area contributed by atoms with E-state index >= 15 is 0 Å². The summed E-state index contributed by atoms with van der Waals surface area (Å²) in [6.45, 7) is 6.05. The van der Waals surface area contributed by atoms with E-state index < -0.39 is 0 Å². The fourth-order valence-corrected chi connectivity index (χ4v) is 3.31. The van der Waals surface area contributed by atoms with Crippen molar-refractivity contribution >= 4 is 15.9 Å². The predicted molar refractivity (Wildman–Crippen MR) is 77.8 cm³/mol. The Balaban J connectivity index is 1.87. The highest BCUT2D eigenvalue weighted by molar-refractivity contribution is 9.09. The van der Waals surface area contributed by atoms with Gasteiger partial charge in [0.2, 0.25) is 0 Å². The molecular formula is C15H22BrN. The highest BCUT2D eigenvalue weighted by Gasteiger charge is 2.24. The third-order valence-electron chi connectivity index (χ3n) is 3.86. The zero-order valence-electron chi connectivity index (χ0n) is 10.6. The van der Waals surface area contributed by atoms with Gasteiger partial charge < -0.3 is 4.90 Å². The summed E-state index contributed by atoms with van der Waals surface area (Å²) in [5.74, 6) is 1.56. The quantitative estimate of drug-likeness (QED) is 0.745. The molecular weight excluding hydrogens is 274 g/mol. The molecule has 1 aromatic rings. The molecule has 1 heterocycles. The van der Waals surface area contributed by atoms with Gasteiger partial charge in [0.1, 0.15) is 0 Å². The number of halogens is 1. The van der Waals surface area contributed by atoms with Crippen molar-refractivity contribution in [2.45, 2.75) is 25.7 Å². The first-order valence-corrected chi connectivity index (χ1v) is 7.79. The minimum Gasteiger partial charge on any atom is -0.302 e. The van der Waals surface area contributed by atoms with Crippen molar-refractivity contribution in [1.29, 1.82) is 0 Å². The van der Waals surface area contributed by atoms with Gasteiger partial charge >= 0.3 is 0 Å². The molecule has 1 saturated heterocycles. The van der Waals surface area contributed by atoms with E-state index in [9.17, 15) is 0 Å². The van der Waals surface area contributed by atoms with E-state index in [1.807, 2.05) is 0 Å². The first-order valence-electron chi connectivity index (χ1n) is 6.66. The van der Waals surface area contributed by atoms with Crippen LogP contribution in [0.3, 0.4) is 0 Å². The van der Waals surface area contributed by atoms with E-state index in [4.69, 9.17) is 0 Å². The summed E-state index contributed by atoms with van der Waals surface area (Å²) in [4.78, 5) is 2.63. The SMILES string of the molecule is CCC(CBr)CN1CCC(c2ccccc2)C1. The Kier molecular flexibility index (Phi) is 5.05. The van der Waals surface area contributed by atoms with Gasteiger partial charge in [0.25, 0.3) is 0 Å². The Hall–Kier alpha value is -0.340. The maximum atomic E-state index is 3.62. The van der Waals surface area contributed by atoms with Crippen molar-refractivity contribution in [1.82, 2.24) is 4.90 Å². The van der Waals surface area contributed by atoms with E-state index in [0.717, 1.165) is 17.2 Å². The van der Waals surface area contributed by atoms with Crippen LogP contribution in [0.4, 0.5) is 0 Å². The molecule has 1 aliphatic rings. The topological polar surface area (TPSA) is 3.24 Å². The summed E-state index contributed by atoms with van der Waals surface area (Å²) >= 11 is 3.62. The molecule has 2 heteroatoms. The average Bonchev–Trinajstić information content (AvgIpc) is 2.85. The summed E-state index contributed by atoms with van der Waals surface area (Å²) < 4.78 is 0. The van der Waals surface area contributed by atoms with Crippen LogP contribution in [0.1, 0.15) is 31.2 Å². The highest BCUT2D eigenvalue weighted by atomic mass is 79.9. The van der Waals surface area contributed by atoms with Crippen molar-refractivity contribution in [3.05, 3.63) is 35.9 Å². The van der Waals surface area contributed by atoms with Crippen LogP contribution in [0.15, 0.2) is 30.3 Å². The number of benzene rings is 1. The van der Waals surface area contributed by atoms with Crippen molar-refractivity contribution in [3.63, 3.8) is 0 Å². The fourth-order valence-electron chi connectivity index (χ4n) is 2.65. The molecule has 2 unspecified atom stereocenters. The molecule has 1 nitrogen and oxygen atoms in total. The number of rotatable bonds is 5. The van der Waals surface area contributed by atoms with Crippen LogP contribution >= 0.6 is 15.9 Å². The summed E-state index contributed by atoms with van der Waals surface area (Å²) in [7, 11) is 0. The predicted octanol–water partition coefficient (Wildman–Crippen LogP) is 3.90. The second-order valence-corrected chi connectivity index (χ2v) is 5.73. The third-order valence-corrected chi connectivity index (χ3v) is 4.77. The summed E-state index contributed by atoms with van der Waals surface area (Å²) in [6.07, 6.45) is 2.60. The van der Waals surface area contributed by atoms with Gasteiger partial charge in [-0.1, -0.05) is 59.6 Å². The molecule has 94 valence electrons. The monoisotopic (exact) mass is 295 g/mol. The van der Waals surface area contributed by atoms with Gasteiger partial charge in [0.15, 0.2) is 0 Å². The second kappa shape index (κ2) is 6.55. The lowest BCUT2D eigenvalue weighted by Crippen LogP contribution is -2.27. The van der Waals surface area contributed by atoms with Crippen LogP contribution < -0.4 is 0 Å². The van der Waals surface area contributed by atoms with Gasteiger partial charge in [0.05, 0.1) is 0 Å². The molecule has 0 radical (unpaired) electrons. The van der Waals surface area contributed by atoms with Gasteiger partial charge in [-0.15, -0.1) is 0 Å². The zero-order chi connectivity index (χ0) is 12.1. The van der Waals surface area contributed by atoms with Crippen LogP contribution in [0.5, 0.6) is 0 Å². The molecule has 2 rings (SSSR count). The van der Waals surface area contributed by atoms with Gasteiger partial charge in [-0.3, -0.25) is 0 Å². The minimum atomic E-state index is 0.754. The maximum absolute atomic E-state index is 3.62. The van der Waals surface area contributed by atoms with Crippen LogP contribution in [-0.2, 0) is 0 Å². The first kappa shape index (κ1) is 13.1. The molecule has 0 saturated carbocycles. The molecule has 1 fully saturated rings. The number of alkyl halides is 1. The molecule has 0 spiro atoms. The molecule has 1 aromatic carbocycles. The Morgan fingerprint density at radius 1 is 1.35 bits per heavy atom. The third kappa shape index (κ3) is 3.56. The van der Waals surface area contributed by atoms with E-state index in [1.54, 1.807) is 0 Å². The molecule has 1 aliphatic heterocycles. The zero-order valence-corrected chi connectivity index (χ0v) is 12.2. The molecule has 0 aromatic heterocycles. The van der Waals surface area contributed by atoms with Crippen LogP contribution in [0.2, 0.25) is 0 Å². The summed E-state index contributed by atoms with van der Waals surface area (Å²) in [5, 5.41) is 1.13. The Morgan fingerprint density at radius 3 is 2.76 bits per heavy atom. The standard InChI is InChI=1S/C15H22BrN/c1-2-13(10-16)11-17-9-8-15(12-17)14-6-4-3-5-7-14/h3-7,13,15H,2,8-12H2,1H3. The Bertz CT molecular complexity index is 321. The maximum Gasteiger partial charge on any atom is 0.00717 e. The van der Waals surface area contributed by atoms with Crippen molar-refractivity contribution < 1.29 is 0 Å². The number of hydrogen-bond acceptors (Lipinski definition) is 1.